The van der Waals surface area contributed by atoms with E-state index in [2.05, 4.69) is 0 Å². The molecule has 0 aliphatic carbocycles. The Bertz CT molecular complexity index is 215. The molecule has 0 aromatic carbocycles. The molecule has 7 heteroatoms. The Morgan fingerprint density at radius 1 is 1.33 bits per heavy atom. The van der Waals surface area contributed by atoms with Crippen LogP contribution >= 0.6 is 0 Å². The molecule has 0 aromatic heterocycles. The Hall–Kier alpha value is -1.24. The van der Waals surface area contributed by atoms with Gasteiger partial charge >= 0.3 is 5.66 Å². The number of rotatable bonds is 2. The summed E-state index contributed by atoms with van der Waals surface area (Å²) in [5.41, 5.74) is -1.96. The molecule has 12 heavy (non-hydrogen) atoms. The van der Waals surface area contributed by atoms with Gasteiger partial charge in [0.25, 0.3) is 0 Å². The summed E-state index contributed by atoms with van der Waals surface area (Å²) in [6.45, 7) is 0.301. The number of nitro groups is 2. The van der Waals surface area contributed by atoms with E-state index in [-0.39, 0.29) is 13.0 Å². The van der Waals surface area contributed by atoms with Gasteiger partial charge in [0.15, 0.2) is 0 Å². The molecule has 68 valence electrons. The third-order valence-electron chi connectivity index (χ3n) is 2.10. The van der Waals surface area contributed by atoms with Gasteiger partial charge in [-0.2, -0.15) is 0 Å². The van der Waals surface area contributed by atoms with Gasteiger partial charge in [0.2, 0.25) is 0 Å². The molecule has 0 unspecified atom stereocenters. The lowest BCUT2D eigenvalue weighted by Crippen LogP contribution is -2.48. The first-order valence-electron chi connectivity index (χ1n) is 3.46. The summed E-state index contributed by atoms with van der Waals surface area (Å²) < 4.78 is 0. The largest absolute Gasteiger partial charge is 0.471 e. The van der Waals surface area contributed by atoms with Crippen LogP contribution in [0.4, 0.5) is 0 Å². The molecule has 0 spiro atoms. The molecule has 0 radical (unpaired) electrons. The summed E-state index contributed by atoms with van der Waals surface area (Å²) in [7, 11) is 1.63. The minimum absolute atomic E-state index is 0.0104. The minimum atomic E-state index is -1.96. The fraction of sp³-hybridized carbons (Fsp3) is 1.00. The van der Waals surface area contributed by atoms with Gasteiger partial charge in [-0.25, -0.2) is 0 Å². The number of hydrogen-bond donors (Lipinski definition) is 0. The third kappa shape index (κ3) is 1.11. The van der Waals surface area contributed by atoms with Gasteiger partial charge in [0.05, 0.1) is 9.85 Å². The summed E-state index contributed by atoms with van der Waals surface area (Å²) >= 11 is 0. The highest BCUT2D eigenvalue weighted by atomic mass is 16.7. The van der Waals surface area contributed by atoms with Gasteiger partial charge in [-0.3, -0.25) is 25.1 Å². The van der Waals surface area contributed by atoms with Crippen LogP contribution in [-0.4, -0.2) is 40.5 Å². The molecule has 1 fully saturated rings. The second-order valence-corrected chi connectivity index (χ2v) is 2.98. The predicted octanol–water partition coefficient (Wildman–Crippen LogP) is -0.428. The molecule has 1 aliphatic heterocycles. The monoisotopic (exact) mass is 175 g/mol. The normalized spacial score (nSPS) is 22.4. The fourth-order valence-electron chi connectivity index (χ4n) is 1.33. The topological polar surface area (TPSA) is 89.5 Å². The van der Waals surface area contributed by atoms with E-state index >= 15 is 0 Å². The van der Waals surface area contributed by atoms with Crippen molar-refractivity contribution < 1.29 is 9.85 Å². The standard InChI is InChI=1S/C5H9N3O4/c1-6-3-2-5(4-6,7(9)10)8(11)12/h2-4H2,1H3. The first-order valence-corrected chi connectivity index (χ1v) is 3.46. The highest BCUT2D eigenvalue weighted by Gasteiger charge is 2.60. The molecule has 0 saturated carbocycles. The Balaban J connectivity index is 2.89. The Morgan fingerprint density at radius 3 is 2.00 bits per heavy atom. The third-order valence-corrected chi connectivity index (χ3v) is 2.10. The second-order valence-electron chi connectivity index (χ2n) is 2.98. The molecule has 1 saturated heterocycles. The molecule has 1 aliphatic rings. The molecule has 7 nitrogen and oxygen atoms in total. The lowest BCUT2D eigenvalue weighted by atomic mass is 10.2. The zero-order valence-electron chi connectivity index (χ0n) is 6.60. The molecule has 0 N–H and O–H groups in total. The molecule has 0 aromatic rings. The highest BCUT2D eigenvalue weighted by Crippen LogP contribution is 2.23. The summed E-state index contributed by atoms with van der Waals surface area (Å²) in [6, 6.07) is 0. The lowest BCUT2D eigenvalue weighted by Gasteiger charge is -2.10. The van der Waals surface area contributed by atoms with Gasteiger partial charge in [-0.05, 0) is 7.05 Å². The SMILES string of the molecule is CN1CCC([N+](=O)[O-])([N+](=O)[O-])C1. The Morgan fingerprint density at radius 2 is 1.83 bits per heavy atom. The number of likely N-dealkylation sites (tertiary alicyclic amines) is 1. The van der Waals surface area contributed by atoms with Crippen LogP contribution < -0.4 is 0 Å². The van der Waals surface area contributed by atoms with Crippen molar-refractivity contribution in [2.45, 2.75) is 12.1 Å². The van der Waals surface area contributed by atoms with Crippen molar-refractivity contribution in [2.24, 2.45) is 0 Å². The van der Waals surface area contributed by atoms with Crippen molar-refractivity contribution in [3.63, 3.8) is 0 Å². The molecule has 0 amide bonds. The van der Waals surface area contributed by atoms with Gasteiger partial charge in [0.1, 0.15) is 13.0 Å². The summed E-state index contributed by atoms with van der Waals surface area (Å²) in [4.78, 5) is 20.9. The van der Waals surface area contributed by atoms with E-state index in [1.807, 2.05) is 0 Å². The second kappa shape index (κ2) is 2.67. The first-order chi connectivity index (χ1) is 5.49. The fourth-order valence-corrected chi connectivity index (χ4v) is 1.33. The van der Waals surface area contributed by atoms with Crippen LogP contribution in [0.1, 0.15) is 6.42 Å². The zero-order chi connectivity index (χ0) is 9.35. The molecular formula is C5H9N3O4. The van der Waals surface area contributed by atoms with E-state index < -0.39 is 15.5 Å². The average Bonchev–Trinajstić information content (AvgIpc) is 2.32. The van der Waals surface area contributed by atoms with Gasteiger partial charge in [-0.1, -0.05) is 0 Å². The van der Waals surface area contributed by atoms with Crippen LogP contribution in [0.25, 0.3) is 0 Å². The molecular weight excluding hydrogens is 166 g/mol. The minimum Gasteiger partial charge on any atom is -0.293 e. The smallest absolute Gasteiger partial charge is 0.293 e. The van der Waals surface area contributed by atoms with Crippen LogP contribution in [0.15, 0.2) is 0 Å². The number of hydrogen-bond acceptors (Lipinski definition) is 5. The van der Waals surface area contributed by atoms with E-state index in [1.54, 1.807) is 11.9 Å². The van der Waals surface area contributed by atoms with Crippen LogP contribution in [0.2, 0.25) is 0 Å². The zero-order valence-corrected chi connectivity index (χ0v) is 6.60. The van der Waals surface area contributed by atoms with Gasteiger partial charge < -0.3 is 0 Å². The van der Waals surface area contributed by atoms with Crippen molar-refractivity contribution >= 4 is 0 Å². The van der Waals surface area contributed by atoms with Crippen LogP contribution in [0.3, 0.4) is 0 Å². The maximum absolute atomic E-state index is 10.4. The van der Waals surface area contributed by atoms with Crippen LogP contribution in [0.5, 0.6) is 0 Å². The molecule has 0 atom stereocenters. The Kier molecular flexibility index (Phi) is 1.97. The van der Waals surface area contributed by atoms with Crippen molar-refractivity contribution in [1.82, 2.24) is 4.90 Å². The van der Waals surface area contributed by atoms with E-state index in [1.165, 1.54) is 0 Å². The van der Waals surface area contributed by atoms with Crippen molar-refractivity contribution in [3.8, 4) is 0 Å². The van der Waals surface area contributed by atoms with E-state index in [0.717, 1.165) is 0 Å². The maximum atomic E-state index is 10.4. The predicted molar refractivity (Wildman–Crippen MR) is 38.8 cm³/mol. The highest BCUT2D eigenvalue weighted by molar-refractivity contribution is 4.79. The quantitative estimate of drug-likeness (QED) is 0.322. The number of likely N-dealkylation sites (N-methyl/N-ethyl adjacent to an activating group) is 1. The molecule has 1 heterocycles. The van der Waals surface area contributed by atoms with E-state index in [4.69, 9.17) is 0 Å². The van der Waals surface area contributed by atoms with E-state index in [9.17, 15) is 20.2 Å². The van der Waals surface area contributed by atoms with Crippen molar-refractivity contribution in [3.05, 3.63) is 20.2 Å². The van der Waals surface area contributed by atoms with Gasteiger partial charge in [0, 0.05) is 6.54 Å². The lowest BCUT2D eigenvalue weighted by molar-refractivity contribution is -0.791. The Labute approximate surface area is 68.3 Å². The molecule has 1 rings (SSSR count). The summed E-state index contributed by atoms with van der Waals surface area (Å²) in [6.07, 6.45) is -0.0104. The van der Waals surface area contributed by atoms with Crippen molar-refractivity contribution in [2.75, 3.05) is 20.1 Å². The van der Waals surface area contributed by atoms with Crippen LogP contribution in [0, 0.1) is 20.2 Å². The number of nitrogens with zero attached hydrogens (tertiary/aromatic N) is 3. The summed E-state index contributed by atoms with van der Waals surface area (Å²) in [5.74, 6) is 0. The average molecular weight is 175 g/mol. The summed E-state index contributed by atoms with van der Waals surface area (Å²) in [5, 5.41) is 20.9. The van der Waals surface area contributed by atoms with Gasteiger partial charge in [-0.15, -0.1) is 0 Å². The first kappa shape index (κ1) is 8.85. The van der Waals surface area contributed by atoms with Crippen LogP contribution in [-0.2, 0) is 0 Å². The van der Waals surface area contributed by atoms with Crippen molar-refractivity contribution in [1.29, 1.82) is 0 Å². The maximum Gasteiger partial charge on any atom is 0.471 e. The molecule has 0 bridgehead atoms. The van der Waals surface area contributed by atoms with E-state index in [0.29, 0.717) is 6.54 Å².